The third kappa shape index (κ3) is 3.72. The third-order valence-corrected chi connectivity index (χ3v) is 4.88. The fourth-order valence-electron chi connectivity index (χ4n) is 2.56. The molecule has 0 aliphatic rings. The maximum absolute atomic E-state index is 13.4. The fraction of sp³-hybridized carbons (Fsp3) is 0.167. The molecule has 9 heteroatoms. The highest BCUT2D eigenvalue weighted by Crippen LogP contribution is 2.26. The number of pyridine rings is 1. The van der Waals surface area contributed by atoms with Crippen LogP contribution in [0.1, 0.15) is 11.5 Å². The molecular formula is C18H15FN6OS. The minimum atomic E-state index is -0.310. The summed E-state index contributed by atoms with van der Waals surface area (Å²) in [5.74, 6) is 1.77. The van der Waals surface area contributed by atoms with Gasteiger partial charge in [0.05, 0.1) is 5.75 Å². The van der Waals surface area contributed by atoms with Crippen LogP contribution < -0.4 is 0 Å². The number of aryl methyl sites for hydroxylation is 1. The van der Waals surface area contributed by atoms with Crippen molar-refractivity contribution in [3.63, 3.8) is 0 Å². The van der Waals surface area contributed by atoms with E-state index in [1.165, 1.54) is 23.9 Å². The Balaban J connectivity index is 1.48. The molecule has 27 heavy (non-hydrogen) atoms. The van der Waals surface area contributed by atoms with Crippen LogP contribution >= 0.6 is 11.8 Å². The molecule has 0 atom stereocenters. The Labute approximate surface area is 158 Å². The van der Waals surface area contributed by atoms with Gasteiger partial charge in [0.1, 0.15) is 5.82 Å². The average molecular weight is 382 g/mol. The average Bonchev–Trinajstić information content (AvgIpc) is 3.27. The van der Waals surface area contributed by atoms with Crippen molar-refractivity contribution >= 4 is 11.8 Å². The second kappa shape index (κ2) is 7.28. The third-order valence-electron chi connectivity index (χ3n) is 3.86. The molecular weight excluding hydrogens is 367 g/mol. The lowest BCUT2D eigenvalue weighted by atomic mass is 10.2. The van der Waals surface area contributed by atoms with E-state index in [1.807, 2.05) is 30.7 Å². The second-order valence-electron chi connectivity index (χ2n) is 5.87. The van der Waals surface area contributed by atoms with Crippen LogP contribution in [0.2, 0.25) is 0 Å². The summed E-state index contributed by atoms with van der Waals surface area (Å²) in [5.41, 5.74) is 2.38. The quantitative estimate of drug-likeness (QED) is 0.487. The van der Waals surface area contributed by atoms with Crippen molar-refractivity contribution in [2.24, 2.45) is 7.05 Å². The zero-order valence-corrected chi connectivity index (χ0v) is 15.4. The summed E-state index contributed by atoms with van der Waals surface area (Å²) < 4.78 is 20.6. The van der Waals surface area contributed by atoms with Crippen molar-refractivity contribution in [2.45, 2.75) is 17.8 Å². The molecule has 0 saturated carbocycles. The first-order chi connectivity index (χ1) is 13.1. The number of aromatic nitrogens is 6. The van der Waals surface area contributed by atoms with Gasteiger partial charge >= 0.3 is 0 Å². The Hall–Kier alpha value is -3.07. The SMILES string of the molecule is Cc1cc(-c2nc(CSc3nnc(-c4cccc(F)c4)n3C)no2)ccn1. The van der Waals surface area contributed by atoms with Gasteiger partial charge in [0, 0.05) is 30.1 Å². The summed E-state index contributed by atoms with van der Waals surface area (Å²) in [5, 5.41) is 13.0. The van der Waals surface area contributed by atoms with Crippen LogP contribution in [0.15, 0.2) is 52.3 Å². The molecule has 0 unspecified atom stereocenters. The molecule has 1 aromatic carbocycles. The van der Waals surface area contributed by atoms with Crippen molar-refractivity contribution in [1.82, 2.24) is 29.9 Å². The van der Waals surface area contributed by atoms with E-state index in [1.54, 1.807) is 18.3 Å². The van der Waals surface area contributed by atoms with E-state index in [9.17, 15) is 4.39 Å². The summed E-state index contributed by atoms with van der Waals surface area (Å²) in [6, 6.07) is 9.98. The molecule has 0 aliphatic heterocycles. The molecule has 0 saturated heterocycles. The van der Waals surface area contributed by atoms with Crippen molar-refractivity contribution < 1.29 is 8.91 Å². The zero-order chi connectivity index (χ0) is 18.8. The smallest absolute Gasteiger partial charge is 0.258 e. The van der Waals surface area contributed by atoms with Crippen molar-refractivity contribution in [1.29, 1.82) is 0 Å². The first-order valence-electron chi connectivity index (χ1n) is 8.14. The van der Waals surface area contributed by atoms with E-state index in [0.717, 1.165) is 11.3 Å². The lowest BCUT2D eigenvalue weighted by Gasteiger charge is -2.03. The standard InChI is InChI=1S/C18H15FN6OS/c1-11-8-13(6-7-20-11)17-21-15(24-26-17)10-27-18-23-22-16(25(18)2)12-4-3-5-14(19)9-12/h3-9H,10H2,1-2H3. The van der Waals surface area contributed by atoms with Crippen LogP contribution in [0.5, 0.6) is 0 Å². The van der Waals surface area contributed by atoms with Gasteiger partial charge in [-0.3, -0.25) is 4.98 Å². The molecule has 0 fully saturated rings. The second-order valence-corrected chi connectivity index (χ2v) is 6.81. The maximum Gasteiger partial charge on any atom is 0.258 e. The normalized spacial score (nSPS) is 11.1. The predicted octanol–water partition coefficient (Wildman–Crippen LogP) is 3.67. The minimum Gasteiger partial charge on any atom is -0.334 e. The molecule has 3 heterocycles. The van der Waals surface area contributed by atoms with Gasteiger partial charge in [-0.25, -0.2) is 4.39 Å². The maximum atomic E-state index is 13.4. The van der Waals surface area contributed by atoms with Gasteiger partial charge in [-0.1, -0.05) is 29.1 Å². The van der Waals surface area contributed by atoms with E-state index in [0.29, 0.717) is 34.0 Å². The van der Waals surface area contributed by atoms with Crippen LogP contribution in [0.4, 0.5) is 4.39 Å². The Morgan fingerprint density at radius 2 is 2.04 bits per heavy atom. The van der Waals surface area contributed by atoms with Crippen LogP contribution in [-0.4, -0.2) is 29.9 Å². The number of halogens is 1. The van der Waals surface area contributed by atoms with Crippen LogP contribution in [0, 0.1) is 12.7 Å². The highest BCUT2D eigenvalue weighted by Gasteiger charge is 2.14. The van der Waals surface area contributed by atoms with E-state index in [2.05, 4.69) is 25.3 Å². The topological polar surface area (TPSA) is 82.5 Å². The highest BCUT2D eigenvalue weighted by atomic mass is 32.2. The van der Waals surface area contributed by atoms with Gasteiger partial charge in [0.15, 0.2) is 16.8 Å². The van der Waals surface area contributed by atoms with E-state index < -0.39 is 0 Å². The monoisotopic (exact) mass is 382 g/mol. The molecule has 0 aliphatic carbocycles. The van der Waals surface area contributed by atoms with Gasteiger partial charge in [0.25, 0.3) is 5.89 Å². The first kappa shape index (κ1) is 17.3. The van der Waals surface area contributed by atoms with Crippen molar-refractivity contribution in [3.8, 4) is 22.8 Å². The molecule has 0 radical (unpaired) electrons. The minimum absolute atomic E-state index is 0.310. The Kier molecular flexibility index (Phi) is 4.68. The van der Waals surface area contributed by atoms with Gasteiger partial charge in [-0.05, 0) is 31.2 Å². The summed E-state index contributed by atoms with van der Waals surface area (Å²) in [7, 11) is 1.84. The Bertz CT molecular complexity index is 1090. The number of rotatable bonds is 5. The Morgan fingerprint density at radius 3 is 2.85 bits per heavy atom. The molecule has 0 N–H and O–H groups in total. The van der Waals surface area contributed by atoms with Gasteiger partial charge in [-0.15, -0.1) is 10.2 Å². The molecule has 4 aromatic rings. The van der Waals surface area contributed by atoms with Gasteiger partial charge < -0.3 is 9.09 Å². The van der Waals surface area contributed by atoms with Crippen molar-refractivity contribution in [3.05, 3.63) is 59.9 Å². The Morgan fingerprint density at radius 1 is 1.15 bits per heavy atom. The molecule has 7 nitrogen and oxygen atoms in total. The summed E-state index contributed by atoms with van der Waals surface area (Å²) in [6.07, 6.45) is 1.71. The molecule has 136 valence electrons. The highest BCUT2D eigenvalue weighted by molar-refractivity contribution is 7.98. The summed E-state index contributed by atoms with van der Waals surface area (Å²) in [6.45, 7) is 1.90. The molecule has 0 bridgehead atoms. The lowest BCUT2D eigenvalue weighted by molar-refractivity contribution is 0.425. The fourth-order valence-corrected chi connectivity index (χ4v) is 3.31. The lowest BCUT2D eigenvalue weighted by Crippen LogP contribution is -1.96. The predicted molar refractivity (Wildman–Crippen MR) is 98.2 cm³/mol. The number of hydrogen-bond donors (Lipinski definition) is 0. The number of thioether (sulfide) groups is 1. The number of hydrogen-bond acceptors (Lipinski definition) is 7. The van der Waals surface area contributed by atoms with Crippen LogP contribution in [-0.2, 0) is 12.8 Å². The van der Waals surface area contributed by atoms with E-state index >= 15 is 0 Å². The van der Waals surface area contributed by atoms with Crippen LogP contribution in [0.3, 0.4) is 0 Å². The van der Waals surface area contributed by atoms with Gasteiger partial charge in [0.2, 0.25) is 0 Å². The van der Waals surface area contributed by atoms with Gasteiger partial charge in [-0.2, -0.15) is 4.98 Å². The molecule has 0 spiro atoms. The zero-order valence-electron chi connectivity index (χ0n) is 14.6. The summed E-state index contributed by atoms with van der Waals surface area (Å²) >= 11 is 1.43. The largest absolute Gasteiger partial charge is 0.334 e. The van der Waals surface area contributed by atoms with E-state index in [-0.39, 0.29) is 5.82 Å². The molecule has 3 aromatic heterocycles. The van der Waals surface area contributed by atoms with Crippen LogP contribution in [0.25, 0.3) is 22.8 Å². The number of benzene rings is 1. The first-order valence-corrected chi connectivity index (χ1v) is 9.12. The van der Waals surface area contributed by atoms with E-state index in [4.69, 9.17) is 4.52 Å². The summed E-state index contributed by atoms with van der Waals surface area (Å²) in [4.78, 5) is 8.56. The van der Waals surface area contributed by atoms with Crippen molar-refractivity contribution in [2.75, 3.05) is 0 Å². The number of nitrogens with zero attached hydrogens (tertiary/aromatic N) is 6. The molecule has 0 amide bonds. The molecule has 4 rings (SSSR count).